The lowest BCUT2D eigenvalue weighted by Gasteiger charge is -2.10. The molecule has 0 radical (unpaired) electrons. The van der Waals surface area contributed by atoms with E-state index < -0.39 is 0 Å². The highest BCUT2D eigenvalue weighted by atomic mass is 16.3. The minimum atomic E-state index is -0.289. The molecule has 1 aromatic rings. The number of benzene rings is 1. The third kappa shape index (κ3) is 3.08. The molecule has 1 aromatic carbocycles. The van der Waals surface area contributed by atoms with Crippen molar-refractivity contribution in [2.45, 2.75) is 13.0 Å². The molecule has 15 heavy (non-hydrogen) atoms. The van der Waals surface area contributed by atoms with E-state index in [1.165, 1.54) is 6.07 Å². The Hall–Kier alpha value is -1.86. The lowest BCUT2D eigenvalue weighted by molar-refractivity contribution is 0.0922. The Balaban J connectivity index is 2.78. The lowest BCUT2D eigenvalue weighted by Crippen LogP contribution is -2.34. The molecule has 0 spiro atoms. The fourth-order valence-corrected chi connectivity index (χ4v) is 1.08. The Labute approximate surface area is 88.2 Å². The molecule has 1 rings (SSSR count). The number of aliphatic hydroxyl groups excluding tert-OH is 1. The third-order valence-corrected chi connectivity index (χ3v) is 1.91. The lowest BCUT2D eigenvalue weighted by atomic mass is 10.1. The van der Waals surface area contributed by atoms with Gasteiger partial charge in [0.2, 0.25) is 0 Å². The first kappa shape index (κ1) is 11.2. The normalized spacial score (nSPS) is 11.5. The van der Waals surface area contributed by atoms with Crippen molar-refractivity contribution in [1.82, 2.24) is 5.32 Å². The summed E-state index contributed by atoms with van der Waals surface area (Å²) in [5, 5.41) is 20.0. The van der Waals surface area contributed by atoms with Crippen LogP contribution >= 0.6 is 0 Å². The number of nitriles is 1. The van der Waals surface area contributed by atoms with Gasteiger partial charge in [-0.2, -0.15) is 5.26 Å². The Kier molecular flexibility index (Phi) is 3.83. The molecule has 0 aliphatic heterocycles. The number of carbonyl (C=O) groups is 1. The molecular formula is C11H12N2O2. The average Bonchev–Trinajstić information content (AvgIpc) is 2.28. The van der Waals surface area contributed by atoms with Crippen molar-refractivity contribution < 1.29 is 9.90 Å². The number of amides is 1. The summed E-state index contributed by atoms with van der Waals surface area (Å²) in [7, 11) is 0. The number of nitrogens with zero attached hydrogens (tertiary/aromatic N) is 1. The van der Waals surface area contributed by atoms with Crippen LogP contribution in [0.1, 0.15) is 22.8 Å². The summed E-state index contributed by atoms with van der Waals surface area (Å²) < 4.78 is 0. The Morgan fingerprint density at radius 3 is 3.00 bits per heavy atom. The maximum atomic E-state index is 11.6. The largest absolute Gasteiger partial charge is 0.394 e. The van der Waals surface area contributed by atoms with Gasteiger partial charge in [-0.15, -0.1) is 0 Å². The zero-order chi connectivity index (χ0) is 11.3. The van der Waals surface area contributed by atoms with E-state index in [-0.39, 0.29) is 18.6 Å². The number of hydrogen-bond acceptors (Lipinski definition) is 3. The van der Waals surface area contributed by atoms with Crippen LogP contribution in [0.2, 0.25) is 0 Å². The molecule has 1 unspecified atom stereocenters. The van der Waals surface area contributed by atoms with E-state index >= 15 is 0 Å². The third-order valence-electron chi connectivity index (χ3n) is 1.91. The molecule has 0 aliphatic carbocycles. The summed E-state index contributed by atoms with van der Waals surface area (Å²) in [5.74, 6) is -0.284. The summed E-state index contributed by atoms with van der Waals surface area (Å²) >= 11 is 0. The number of rotatable bonds is 3. The minimum absolute atomic E-state index is 0.107. The van der Waals surface area contributed by atoms with Crippen LogP contribution < -0.4 is 5.32 Å². The van der Waals surface area contributed by atoms with Crippen molar-refractivity contribution >= 4 is 5.91 Å². The van der Waals surface area contributed by atoms with E-state index in [0.29, 0.717) is 11.1 Å². The van der Waals surface area contributed by atoms with Crippen molar-refractivity contribution in [3.05, 3.63) is 35.4 Å². The van der Waals surface area contributed by atoms with Crippen molar-refractivity contribution in [3.8, 4) is 6.07 Å². The second-order valence-electron chi connectivity index (χ2n) is 3.25. The fourth-order valence-electron chi connectivity index (χ4n) is 1.08. The summed E-state index contributed by atoms with van der Waals surface area (Å²) in [4.78, 5) is 11.6. The number of carbonyl (C=O) groups excluding carboxylic acids is 1. The van der Waals surface area contributed by atoms with E-state index in [0.717, 1.165) is 0 Å². The molecule has 0 bridgehead atoms. The van der Waals surface area contributed by atoms with Gasteiger partial charge >= 0.3 is 0 Å². The molecule has 0 heterocycles. The van der Waals surface area contributed by atoms with Crippen molar-refractivity contribution in [2.24, 2.45) is 0 Å². The highest BCUT2D eigenvalue weighted by Gasteiger charge is 2.08. The molecule has 0 saturated heterocycles. The standard InChI is InChI=1S/C11H12N2O2/c1-8(7-14)13-11(15)10-4-2-3-9(5-10)6-12/h2-5,8,14H,7H2,1H3,(H,13,15). The predicted molar refractivity (Wildman–Crippen MR) is 55.2 cm³/mol. The second-order valence-corrected chi connectivity index (χ2v) is 3.25. The first-order valence-electron chi connectivity index (χ1n) is 4.59. The second kappa shape index (κ2) is 5.13. The first-order valence-corrected chi connectivity index (χ1v) is 4.59. The number of hydrogen-bond donors (Lipinski definition) is 2. The number of aliphatic hydroxyl groups is 1. The molecule has 4 nitrogen and oxygen atoms in total. The van der Waals surface area contributed by atoms with E-state index in [1.54, 1.807) is 25.1 Å². The molecule has 0 fully saturated rings. The fraction of sp³-hybridized carbons (Fsp3) is 0.273. The first-order chi connectivity index (χ1) is 7.17. The Morgan fingerprint density at radius 1 is 1.67 bits per heavy atom. The van der Waals surface area contributed by atoms with Gasteiger partial charge in [-0.25, -0.2) is 0 Å². The van der Waals surface area contributed by atoms with Gasteiger partial charge < -0.3 is 10.4 Å². The summed E-state index contributed by atoms with van der Waals surface area (Å²) in [6.07, 6.45) is 0. The van der Waals surface area contributed by atoms with E-state index in [9.17, 15) is 4.79 Å². The van der Waals surface area contributed by atoms with Gasteiger partial charge in [-0.05, 0) is 25.1 Å². The average molecular weight is 204 g/mol. The predicted octanol–water partition coefficient (Wildman–Crippen LogP) is 0.669. The van der Waals surface area contributed by atoms with Gasteiger partial charge in [0.1, 0.15) is 0 Å². The van der Waals surface area contributed by atoms with Gasteiger partial charge in [0.05, 0.1) is 18.2 Å². The quantitative estimate of drug-likeness (QED) is 0.760. The highest BCUT2D eigenvalue weighted by molar-refractivity contribution is 5.94. The molecule has 0 aliphatic rings. The molecule has 0 saturated carbocycles. The zero-order valence-electron chi connectivity index (χ0n) is 8.40. The van der Waals surface area contributed by atoms with Gasteiger partial charge in [-0.3, -0.25) is 4.79 Å². The molecule has 0 aromatic heterocycles. The summed E-state index contributed by atoms with van der Waals surface area (Å²) in [5.41, 5.74) is 0.869. The van der Waals surface area contributed by atoms with Crippen LogP contribution in [0.15, 0.2) is 24.3 Å². The van der Waals surface area contributed by atoms with Crippen LogP contribution in [-0.2, 0) is 0 Å². The Bertz CT molecular complexity index is 396. The maximum absolute atomic E-state index is 11.6. The summed E-state index contributed by atoms with van der Waals surface area (Å²) in [6.45, 7) is 1.59. The smallest absolute Gasteiger partial charge is 0.251 e. The minimum Gasteiger partial charge on any atom is -0.394 e. The highest BCUT2D eigenvalue weighted by Crippen LogP contribution is 2.04. The summed E-state index contributed by atoms with van der Waals surface area (Å²) in [6, 6.07) is 8.09. The molecular weight excluding hydrogens is 192 g/mol. The van der Waals surface area contributed by atoms with Crippen LogP contribution in [0.25, 0.3) is 0 Å². The van der Waals surface area contributed by atoms with Gasteiger partial charge in [0.25, 0.3) is 5.91 Å². The number of nitrogens with one attached hydrogen (secondary N) is 1. The van der Waals surface area contributed by atoms with Crippen molar-refractivity contribution in [3.63, 3.8) is 0 Å². The molecule has 2 N–H and O–H groups in total. The van der Waals surface area contributed by atoms with Gasteiger partial charge in [-0.1, -0.05) is 6.07 Å². The van der Waals surface area contributed by atoms with Crippen LogP contribution in [0, 0.1) is 11.3 Å². The monoisotopic (exact) mass is 204 g/mol. The van der Waals surface area contributed by atoms with Gasteiger partial charge in [0.15, 0.2) is 0 Å². The van der Waals surface area contributed by atoms with Gasteiger partial charge in [0, 0.05) is 11.6 Å². The van der Waals surface area contributed by atoms with Crippen molar-refractivity contribution in [2.75, 3.05) is 6.61 Å². The van der Waals surface area contributed by atoms with E-state index in [1.807, 2.05) is 6.07 Å². The van der Waals surface area contributed by atoms with Crippen molar-refractivity contribution in [1.29, 1.82) is 5.26 Å². The van der Waals surface area contributed by atoms with E-state index in [4.69, 9.17) is 10.4 Å². The molecule has 1 atom stereocenters. The van der Waals surface area contributed by atoms with Crippen LogP contribution in [0.5, 0.6) is 0 Å². The zero-order valence-corrected chi connectivity index (χ0v) is 8.40. The maximum Gasteiger partial charge on any atom is 0.251 e. The molecule has 78 valence electrons. The molecule has 1 amide bonds. The van der Waals surface area contributed by atoms with Crippen LogP contribution in [-0.4, -0.2) is 23.7 Å². The molecule has 4 heteroatoms. The Morgan fingerprint density at radius 2 is 2.40 bits per heavy atom. The van der Waals surface area contributed by atoms with E-state index in [2.05, 4.69) is 5.32 Å². The van der Waals surface area contributed by atoms with Crippen LogP contribution in [0.3, 0.4) is 0 Å². The van der Waals surface area contributed by atoms with Crippen LogP contribution in [0.4, 0.5) is 0 Å². The SMILES string of the molecule is CC(CO)NC(=O)c1cccc(C#N)c1. The topological polar surface area (TPSA) is 73.1 Å².